The SMILES string of the molecule is Cc1nc2c([nH]1)CC(C(C)C(O)c1nc3ccccc3s1)C2. The lowest BCUT2D eigenvalue weighted by Gasteiger charge is -2.23. The molecule has 0 bridgehead atoms. The lowest BCUT2D eigenvalue weighted by molar-refractivity contribution is 0.0843. The molecule has 3 aromatic rings. The summed E-state index contributed by atoms with van der Waals surface area (Å²) < 4.78 is 1.14. The van der Waals surface area contributed by atoms with Gasteiger partial charge in [-0.2, -0.15) is 0 Å². The lowest BCUT2D eigenvalue weighted by Crippen LogP contribution is -2.20. The second-order valence-electron chi connectivity index (χ2n) is 6.24. The smallest absolute Gasteiger partial charge is 0.123 e. The Morgan fingerprint density at radius 1 is 1.27 bits per heavy atom. The number of nitrogens with zero attached hydrogens (tertiary/aromatic N) is 2. The van der Waals surface area contributed by atoms with Crippen molar-refractivity contribution in [2.75, 3.05) is 0 Å². The van der Waals surface area contributed by atoms with Crippen molar-refractivity contribution in [2.45, 2.75) is 32.8 Å². The summed E-state index contributed by atoms with van der Waals surface area (Å²) in [6, 6.07) is 8.05. The van der Waals surface area contributed by atoms with Gasteiger partial charge in [-0.3, -0.25) is 0 Å². The second kappa shape index (κ2) is 5.18. The van der Waals surface area contributed by atoms with Gasteiger partial charge in [-0.1, -0.05) is 19.1 Å². The van der Waals surface area contributed by atoms with Gasteiger partial charge in [0, 0.05) is 5.69 Å². The standard InChI is InChI=1S/C17H19N3OS/c1-9(11-7-13-14(8-11)19-10(2)18-13)16(21)17-20-12-5-3-4-6-15(12)22-17/h3-6,9,11,16,21H,7-8H2,1-2H3,(H,18,19). The maximum absolute atomic E-state index is 10.7. The minimum atomic E-state index is -0.507. The van der Waals surface area contributed by atoms with E-state index >= 15 is 0 Å². The first-order chi connectivity index (χ1) is 10.6. The first kappa shape index (κ1) is 13.9. The summed E-state index contributed by atoms with van der Waals surface area (Å²) in [7, 11) is 0. The molecule has 22 heavy (non-hydrogen) atoms. The Bertz CT molecular complexity index is 766. The number of H-pyrrole nitrogens is 1. The average Bonchev–Trinajstić information content (AvgIpc) is 3.16. The minimum absolute atomic E-state index is 0.170. The van der Waals surface area contributed by atoms with Crippen molar-refractivity contribution in [3.05, 3.63) is 46.5 Å². The summed E-state index contributed by atoms with van der Waals surface area (Å²) in [5.41, 5.74) is 3.39. The number of nitrogens with one attached hydrogen (secondary N) is 1. The number of rotatable bonds is 3. The van der Waals surface area contributed by atoms with Crippen molar-refractivity contribution >= 4 is 21.6 Å². The van der Waals surface area contributed by atoms with E-state index in [2.05, 4.69) is 27.9 Å². The molecule has 0 radical (unpaired) electrons. The molecule has 114 valence electrons. The van der Waals surface area contributed by atoms with Gasteiger partial charge in [0.15, 0.2) is 0 Å². The van der Waals surface area contributed by atoms with E-state index in [1.165, 1.54) is 11.4 Å². The zero-order chi connectivity index (χ0) is 15.3. The van der Waals surface area contributed by atoms with Crippen LogP contribution in [0.3, 0.4) is 0 Å². The van der Waals surface area contributed by atoms with Gasteiger partial charge in [0.1, 0.15) is 16.9 Å². The molecular formula is C17H19N3OS. The van der Waals surface area contributed by atoms with Crippen molar-refractivity contribution in [2.24, 2.45) is 11.8 Å². The molecule has 1 aliphatic carbocycles. The Morgan fingerprint density at radius 2 is 2.09 bits per heavy atom. The van der Waals surface area contributed by atoms with E-state index in [1.54, 1.807) is 11.3 Å². The third-order valence-electron chi connectivity index (χ3n) is 4.71. The van der Waals surface area contributed by atoms with Crippen LogP contribution < -0.4 is 0 Å². The molecular weight excluding hydrogens is 294 g/mol. The van der Waals surface area contributed by atoms with E-state index in [0.717, 1.165) is 33.9 Å². The zero-order valence-corrected chi connectivity index (χ0v) is 13.5. The monoisotopic (exact) mass is 313 g/mol. The van der Waals surface area contributed by atoms with Gasteiger partial charge >= 0.3 is 0 Å². The Morgan fingerprint density at radius 3 is 2.86 bits per heavy atom. The van der Waals surface area contributed by atoms with Crippen LogP contribution in [0.25, 0.3) is 10.2 Å². The van der Waals surface area contributed by atoms with E-state index < -0.39 is 6.10 Å². The predicted octanol–water partition coefficient (Wildman–Crippen LogP) is 3.41. The van der Waals surface area contributed by atoms with E-state index in [4.69, 9.17) is 0 Å². The molecule has 0 fully saturated rings. The number of benzene rings is 1. The molecule has 5 heteroatoms. The summed E-state index contributed by atoms with van der Waals surface area (Å²) in [6.45, 7) is 4.12. The molecule has 1 aliphatic rings. The van der Waals surface area contributed by atoms with Crippen molar-refractivity contribution in [3.63, 3.8) is 0 Å². The summed E-state index contributed by atoms with van der Waals surface area (Å²) in [4.78, 5) is 12.5. The molecule has 0 saturated carbocycles. The molecule has 0 spiro atoms. The Labute approximate surface area is 133 Å². The highest BCUT2D eigenvalue weighted by molar-refractivity contribution is 7.18. The first-order valence-corrected chi connectivity index (χ1v) is 8.51. The van der Waals surface area contributed by atoms with Gasteiger partial charge in [-0.25, -0.2) is 9.97 Å². The Hall–Kier alpha value is -1.72. The zero-order valence-electron chi connectivity index (χ0n) is 12.7. The van der Waals surface area contributed by atoms with E-state index in [1.807, 2.05) is 25.1 Å². The van der Waals surface area contributed by atoms with Crippen LogP contribution in [0.15, 0.2) is 24.3 Å². The normalized spacial score (nSPS) is 17.8. The van der Waals surface area contributed by atoms with Crippen LogP contribution in [0.2, 0.25) is 0 Å². The van der Waals surface area contributed by atoms with Crippen LogP contribution in [-0.2, 0) is 12.8 Å². The largest absolute Gasteiger partial charge is 0.386 e. The number of hydrogen-bond donors (Lipinski definition) is 2. The Kier molecular flexibility index (Phi) is 3.27. The van der Waals surface area contributed by atoms with Gasteiger partial charge < -0.3 is 10.1 Å². The highest BCUT2D eigenvalue weighted by Gasteiger charge is 2.33. The molecule has 0 amide bonds. The summed E-state index contributed by atoms with van der Waals surface area (Å²) >= 11 is 1.60. The number of aliphatic hydroxyl groups is 1. The number of para-hydroxylation sites is 1. The molecule has 3 unspecified atom stereocenters. The molecule has 2 aromatic heterocycles. The molecule has 2 N–H and O–H groups in total. The maximum atomic E-state index is 10.7. The van der Waals surface area contributed by atoms with Crippen molar-refractivity contribution in [1.82, 2.24) is 15.0 Å². The molecule has 1 aromatic carbocycles. The van der Waals surface area contributed by atoms with Crippen LogP contribution in [0.4, 0.5) is 0 Å². The topological polar surface area (TPSA) is 61.8 Å². The van der Waals surface area contributed by atoms with Gasteiger partial charge in [0.25, 0.3) is 0 Å². The quantitative estimate of drug-likeness (QED) is 0.779. The number of aromatic amines is 1. The van der Waals surface area contributed by atoms with Crippen LogP contribution in [0.5, 0.6) is 0 Å². The highest BCUT2D eigenvalue weighted by atomic mass is 32.1. The highest BCUT2D eigenvalue weighted by Crippen LogP contribution is 2.38. The fraction of sp³-hybridized carbons (Fsp3) is 0.412. The summed E-state index contributed by atoms with van der Waals surface area (Å²) in [5.74, 6) is 1.59. The first-order valence-electron chi connectivity index (χ1n) is 7.69. The predicted molar refractivity (Wildman–Crippen MR) is 88.0 cm³/mol. The number of hydrogen-bond acceptors (Lipinski definition) is 4. The summed E-state index contributed by atoms with van der Waals surface area (Å²) in [6.07, 6.45) is 1.41. The lowest BCUT2D eigenvalue weighted by atomic mass is 9.87. The van der Waals surface area contributed by atoms with Gasteiger partial charge in [0.05, 0.1) is 15.9 Å². The second-order valence-corrected chi connectivity index (χ2v) is 7.30. The maximum Gasteiger partial charge on any atom is 0.123 e. The molecule has 3 atom stereocenters. The number of thiazole rings is 1. The van der Waals surface area contributed by atoms with Crippen molar-refractivity contribution in [1.29, 1.82) is 0 Å². The minimum Gasteiger partial charge on any atom is -0.386 e. The molecule has 4 rings (SSSR count). The van der Waals surface area contributed by atoms with E-state index in [0.29, 0.717) is 5.92 Å². The van der Waals surface area contributed by atoms with E-state index in [9.17, 15) is 5.11 Å². The van der Waals surface area contributed by atoms with Gasteiger partial charge in [0.2, 0.25) is 0 Å². The third kappa shape index (κ3) is 2.25. The fourth-order valence-corrected chi connectivity index (χ4v) is 4.45. The van der Waals surface area contributed by atoms with Crippen LogP contribution >= 0.6 is 11.3 Å². The number of aryl methyl sites for hydroxylation is 1. The number of aliphatic hydroxyl groups excluding tert-OH is 1. The third-order valence-corrected chi connectivity index (χ3v) is 5.82. The van der Waals surface area contributed by atoms with Crippen LogP contribution in [0.1, 0.15) is 35.2 Å². The Balaban J connectivity index is 1.55. The van der Waals surface area contributed by atoms with Gasteiger partial charge in [-0.15, -0.1) is 11.3 Å². The van der Waals surface area contributed by atoms with Crippen LogP contribution in [0, 0.1) is 18.8 Å². The molecule has 0 saturated heterocycles. The van der Waals surface area contributed by atoms with Crippen LogP contribution in [-0.4, -0.2) is 20.1 Å². The number of fused-ring (bicyclic) bond motifs is 2. The number of aromatic nitrogens is 3. The van der Waals surface area contributed by atoms with Crippen molar-refractivity contribution < 1.29 is 5.11 Å². The fourth-order valence-electron chi connectivity index (χ4n) is 3.38. The average molecular weight is 313 g/mol. The number of imidazole rings is 1. The van der Waals surface area contributed by atoms with E-state index in [-0.39, 0.29) is 5.92 Å². The summed E-state index contributed by atoms with van der Waals surface area (Å²) in [5, 5.41) is 11.6. The molecule has 0 aliphatic heterocycles. The van der Waals surface area contributed by atoms with Gasteiger partial charge in [-0.05, 0) is 43.7 Å². The van der Waals surface area contributed by atoms with Crippen molar-refractivity contribution in [3.8, 4) is 0 Å². The molecule has 4 nitrogen and oxygen atoms in total. The molecule has 2 heterocycles.